The van der Waals surface area contributed by atoms with E-state index in [1.54, 1.807) is 6.07 Å². The Morgan fingerprint density at radius 1 is 1.46 bits per heavy atom. The van der Waals surface area contributed by atoms with Crippen molar-refractivity contribution in [1.29, 1.82) is 0 Å². The zero-order valence-corrected chi connectivity index (χ0v) is 9.06. The number of phenols is 1. The van der Waals surface area contributed by atoms with E-state index in [0.29, 0.717) is 4.47 Å². The van der Waals surface area contributed by atoms with E-state index < -0.39 is 0 Å². The lowest BCUT2D eigenvalue weighted by molar-refractivity contribution is 0.472. The fourth-order valence-electron chi connectivity index (χ4n) is 0.874. The maximum Gasteiger partial charge on any atom is 0.129 e. The third-order valence-corrected chi connectivity index (χ3v) is 2.19. The van der Waals surface area contributed by atoms with Gasteiger partial charge in [-0.05, 0) is 40.5 Å². The summed E-state index contributed by atoms with van der Waals surface area (Å²) >= 11 is 3.24. The third kappa shape index (κ3) is 3.24. The van der Waals surface area contributed by atoms with Gasteiger partial charge in [0.25, 0.3) is 0 Å². The summed E-state index contributed by atoms with van der Waals surface area (Å²) in [4.78, 5) is 0. The van der Waals surface area contributed by atoms with Gasteiger partial charge < -0.3 is 10.5 Å². The molecule has 0 spiro atoms. The number of benzene rings is 1. The van der Waals surface area contributed by atoms with E-state index in [2.05, 4.69) is 33.7 Å². The van der Waals surface area contributed by atoms with Gasteiger partial charge in [-0.2, -0.15) is 0 Å². The normalized spacial score (nSPS) is 10.0. The Hall–Kier alpha value is -0.740. The molecule has 0 fully saturated rings. The molecule has 0 aliphatic carbocycles. The van der Waals surface area contributed by atoms with E-state index in [4.69, 9.17) is 0 Å². The summed E-state index contributed by atoms with van der Waals surface area (Å²) < 4.78 is 0.691. The van der Waals surface area contributed by atoms with Crippen molar-refractivity contribution in [1.82, 2.24) is 5.43 Å². The van der Waals surface area contributed by atoms with Crippen LogP contribution in [0.4, 0.5) is 5.69 Å². The molecule has 4 heteroatoms. The van der Waals surface area contributed by atoms with Crippen LogP contribution in [0, 0.1) is 0 Å². The molecule has 0 saturated carbocycles. The average molecular weight is 245 g/mol. The summed E-state index contributed by atoms with van der Waals surface area (Å²) in [7, 11) is 0. The lowest BCUT2D eigenvalue weighted by atomic mass is 10.3. The maximum absolute atomic E-state index is 9.22. The SMILES string of the molecule is CCCNNc1ccc(O)c(Br)c1. The molecule has 0 aliphatic heterocycles. The molecular formula is C9H13BrN2O. The van der Waals surface area contributed by atoms with Crippen molar-refractivity contribution in [3.05, 3.63) is 22.7 Å². The zero-order chi connectivity index (χ0) is 9.68. The molecule has 0 saturated heterocycles. The molecular weight excluding hydrogens is 232 g/mol. The summed E-state index contributed by atoms with van der Waals surface area (Å²) in [6.45, 7) is 3.01. The number of hydrogen-bond acceptors (Lipinski definition) is 3. The lowest BCUT2D eigenvalue weighted by Gasteiger charge is -2.07. The Morgan fingerprint density at radius 3 is 2.85 bits per heavy atom. The van der Waals surface area contributed by atoms with Gasteiger partial charge >= 0.3 is 0 Å². The first-order chi connectivity index (χ1) is 6.24. The zero-order valence-electron chi connectivity index (χ0n) is 7.47. The highest BCUT2D eigenvalue weighted by Gasteiger charge is 1.97. The van der Waals surface area contributed by atoms with Crippen molar-refractivity contribution in [2.45, 2.75) is 13.3 Å². The maximum atomic E-state index is 9.22. The fraction of sp³-hybridized carbons (Fsp3) is 0.333. The Bertz CT molecular complexity index is 278. The van der Waals surface area contributed by atoms with Gasteiger partial charge in [-0.1, -0.05) is 6.92 Å². The van der Waals surface area contributed by atoms with Gasteiger partial charge in [-0.15, -0.1) is 0 Å². The first kappa shape index (κ1) is 10.3. The van der Waals surface area contributed by atoms with Crippen molar-refractivity contribution < 1.29 is 5.11 Å². The standard InChI is InChI=1S/C9H13BrN2O/c1-2-5-11-12-7-3-4-9(13)8(10)6-7/h3-4,6,11-13H,2,5H2,1H3. The molecule has 3 N–H and O–H groups in total. The van der Waals surface area contributed by atoms with E-state index in [9.17, 15) is 5.11 Å². The smallest absolute Gasteiger partial charge is 0.129 e. The minimum atomic E-state index is 0.251. The summed E-state index contributed by atoms with van der Waals surface area (Å²) in [6.07, 6.45) is 1.08. The highest BCUT2D eigenvalue weighted by molar-refractivity contribution is 9.10. The van der Waals surface area contributed by atoms with Gasteiger partial charge in [-0.25, -0.2) is 5.43 Å². The molecule has 0 heterocycles. The summed E-state index contributed by atoms with van der Waals surface area (Å²) in [5.41, 5.74) is 7.00. The van der Waals surface area contributed by atoms with E-state index in [-0.39, 0.29) is 5.75 Å². The monoisotopic (exact) mass is 244 g/mol. The molecule has 3 nitrogen and oxygen atoms in total. The predicted octanol–water partition coefficient (Wildman–Crippen LogP) is 2.48. The van der Waals surface area contributed by atoms with Crippen LogP contribution in [0.25, 0.3) is 0 Å². The van der Waals surface area contributed by atoms with Crippen LogP contribution in [0.1, 0.15) is 13.3 Å². The molecule has 0 atom stereocenters. The van der Waals surface area contributed by atoms with E-state index >= 15 is 0 Å². The highest BCUT2D eigenvalue weighted by atomic mass is 79.9. The first-order valence-electron chi connectivity index (χ1n) is 4.21. The second-order valence-corrected chi connectivity index (χ2v) is 3.57. The quantitative estimate of drug-likeness (QED) is 0.433. The van der Waals surface area contributed by atoms with Crippen molar-refractivity contribution >= 4 is 21.6 Å². The molecule has 1 aromatic rings. The Morgan fingerprint density at radius 2 is 2.23 bits per heavy atom. The van der Waals surface area contributed by atoms with Gasteiger partial charge in [0, 0.05) is 6.54 Å². The first-order valence-corrected chi connectivity index (χ1v) is 5.00. The fourth-order valence-corrected chi connectivity index (χ4v) is 1.25. The number of aromatic hydroxyl groups is 1. The summed E-state index contributed by atoms with van der Waals surface area (Å²) in [5.74, 6) is 0.251. The molecule has 0 unspecified atom stereocenters. The van der Waals surface area contributed by atoms with E-state index in [1.165, 1.54) is 0 Å². The predicted molar refractivity (Wildman–Crippen MR) is 57.7 cm³/mol. The second kappa shape index (κ2) is 5.09. The Kier molecular flexibility index (Phi) is 4.05. The number of hydrazine groups is 1. The van der Waals surface area contributed by atoms with Gasteiger partial charge in [0.2, 0.25) is 0 Å². The van der Waals surface area contributed by atoms with Crippen LogP contribution in [0.3, 0.4) is 0 Å². The van der Waals surface area contributed by atoms with E-state index in [1.807, 2.05) is 12.1 Å². The largest absolute Gasteiger partial charge is 0.507 e. The number of phenolic OH excluding ortho intramolecular Hbond substituents is 1. The molecule has 0 aliphatic rings. The topological polar surface area (TPSA) is 44.3 Å². The average Bonchev–Trinajstić information content (AvgIpc) is 2.12. The lowest BCUT2D eigenvalue weighted by Crippen LogP contribution is -2.21. The third-order valence-electron chi connectivity index (χ3n) is 1.56. The number of nitrogens with one attached hydrogen (secondary N) is 2. The molecule has 0 amide bonds. The number of halogens is 1. The minimum absolute atomic E-state index is 0.251. The molecule has 13 heavy (non-hydrogen) atoms. The Labute approximate surface area is 86.3 Å². The van der Waals surface area contributed by atoms with Crippen LogP contribution in [0.2, 0.25) is 0 Å². The van der Waals surface area contributed by atoms with Crippen molar-refractivity contribution in [3.8, 4) is 5.75 Å². The molecule has 1 rings (SSSR count). The van der Waals surface area contributed by atoms with Crippen LogP contribution in [0.15, 0.2) is 22.7 Å². The van der Waals surface area contributed by atoms with Gasteiger partial charge in [0.1, 0.15) is 5.75 Å². The van der Waals surface area contributed by atoms with Crippen LogP contribution in [-0.4, -0.2) is 11.7 Å². The van der Waals surface area contributed by atoms with Gasteiger partial charge in [0.05, 0.1) is 10.2 Å². The number of rotatable bonds is 4. The number of hydrogen-bond donors (Lipinski definition) is 3. The van der Waals surface area contributed by atoms with Crippen molar-refractivity contribution in [3.63, 3.8) is 0 Å². The molecule has 0 bridgehead atoms. The van der Waals surface area contributed by atoms with Crippen LogP contribution in [0.5, 0.6) is 5.75 Å². The van der Waals surface area contributed by atoms with Crippen LogP contribution < -0.4 is 10.9 Å². The van der Waals surface area contributed by atoms with Gasteiger partial charge in [-0.3, -0.25) is 0 Å². The highest BCUT2D eigenvalue weighted by Crippen LogP contribution is 2.26. The van der Waals surface area contributed by atoms with Crippen LogP contribution >= 0.6 is 15.9 Å². The van der Waals surface area contributed by atoms with Crippen LogP contribution in [-0.2, 0) is 0 Å². The summed E-state index contributed by atoms with van der Waals surface area (Å²) in [6, 6.07) is 5.26. The second-order valence-electron chi connectivity index (χ2n) is 2.72. The van der Waals surface area contributed by atoms with Crippen molar-refractivity contribution in [2.75, 3.05) is 12.0 Å². The van der Waals surface area contributed by atoms with E-state index in [0.717, 1.165) is 18.7 Å². The minimum Gasteiger partial charge on any atom is -0.507 e. The molecule has 72 valence electrons. The molecule has 0 aromatic heterocycles. The molecule has 0 radical (unpaired) electrons. The van der Waals surface area contributed by atoms with Crippen molar-refractivity contribution in [2.24, 2.45) is 0 Å². The van der Waals surface area contributed by atoms with Gasteiger partial charge in [0.15, 0.2) is 0 Å². The number of anilines is 1. The Balaban J connectivity index is 2.53. The summed E-state index contributed by atoms with van der Waals surface area (Å²) in [5, 5.41) is 9.22. The molecule has 1 aromatic carbocycles.